The van der Waals surface area contributed by atoms with E-state index < -0.39 is 0 Å². The van der Waals surface area contributed by atoms with E-state index in [-0.39, 0.29) is 0 Å². The third-order valence-electron chi connectivity index (χ3n) is 5.73. The van der Waals surface area contributed by atoms with Crippen molar-refractivity contribution in [3.63, 3.8) is 0 Å². The van der Waals surface area contributed by atoms with Gasteiger partial charge in [0.25, 0.3) is 0 Å². The summed E-state index contributed by atoms with van der Waals surface area (Å²) in [6.07, 6.45) is 1.83. The highest BCUT2D eigenvalue weighted by molar-refractivity contribution is 6.09. The number of hydrogen-bond donors (Lipinski definition) is 0. The Labute approximate surface area is 180 Å². The van der Waals surface area contributed by atoms with Gasteiger partial charge in [0.15, 0.2) is 0 Å². The highest BCUT2D eigenvalue weighted by Gasteiger charge is 2.12. The fourth-order valence-electron chi connectivity index (χ4n) is 4.23. The molecule has 2 heteroatoms. The Bertz CT molecular complexity index is 1530. The minimum atomic E-state index is 0.921. The summed E-state index contributed by atoms with van der Waals surface area (Å²) in [5.41, 5.74) is 8.54. The first kappa shape index (κ1) is 17.7. The number of furan rings is 1. The van der Waals surface area contributed by atoms with E-state index in [1.54, 1.807) is 0 Å². The first-order valence-corrected chi connectivity index (χ1v) is 10.4. The molecule has 6 rings (SSSR count). The molecule has 2 aromatic heterocycles. The Morgan fingerprint density at radius 1 is 0.516 bits per heavy atom. The fraction of sp³-hybridized carbons (Fsp3) is 0. The van der Waals surface area contributed by atoms with Crippen molar-refractivity contribution >= 4 is 21.9 Å². The van der Waals surface area contributed by atoms with Gasteiger partial charge in [-0.2, -0.15) is 0 Å². The van der Waals surface area contributed by atoms with Crippen molar-refractivity contribution in [2.45, 2.75) is 0 Å². The molecule has 0 bridgehead atoms. The summed E-state index contributed by atoms with van der Waals surface area (Å²) in [6.45, 7) is 0. The second-order valence-electron chi connectivity index (χ2n) is 7.66. The lowest BCUT2D eigenvalue weighted by Crippen LogP contribution is -1.85. The zero-order valence-electron chi connectivity index (χ0n) is 16.8. The number of rotatable bonds is 3. The van der Waals surface area contributed by atoms with Crippen LogP contribution in [0.1, 0.15) is 0 Å². The molecule has 0 amide bonds. The van der Waals surface area contributed by atoms with E-state index in [9.17, 15) is 0 Å². The number of fused-ring (bicyclic) bond motifs is 3. The fourth-order valence-corrected chi connectivity index (χ4v) is 4.23. The summed E-state index contributed by atoms with van der Waals surface area (Å²) in [5, 5.41) is 2.30. The van der Waals surface area contributed by atoms with Gasteiger partial charge in [-0.1, -0.05) is 78.9 Å². The third-order valence-corrected chi connectivity index (χ3v) is 5.73. The molecule has 2 heterocycles. The molecule has 0 spiro atoms. The van der Waals surface area contributed by atoms with Crippen molar-refractivity contribution in [3.05, 3.63) is 115 Å². The second-order valence-corrected chi connectivity index (χ2v) is 7.66. The van der Waals surface area contributed by atoms with E-state index in [2.05, 4.69) is 83.8 Å². The van der Waals surface area contributed by atoms with Gasteiger partial charge in [-0.15, -0.1) is 0 Å². The molecule has 0 aliphatic rings. The van der Waals surface area contributed by atoms with Gasteiger partial charge in [-0.25, -0.2) is 0 Å². The van der Waals surface area contributed by atoms with Gasteiger partial charge in [0.05, 0.1) is 5.69 Å². The summed E-state index contributed by atoms with van der Waals surface area (Å²) < 4.78 is 6.25. The Morgan fingerprint density at radius 2 is 1.19 bits per heavy atom. The summed E-state index contributed by atoms with van der Waals surface area (Å²) in [5.74, 6) is 0. The van der Waals surface area contributed by atoms with Crippen LogP contribution in [0.4, 0.5) is 0 Å². The summed E-state index contributed by atoms with van der Waals surface area (Å²) in [7, 11) is 0. The number of aromatic nitrogens is 1. The molecule has 0 aliphatic carbocycles. The van der Waals surface area contributed by atoms with Crippen LogP contribution in [0.15, 0.2) is 120 Å². The lowest BCUT2D eigenvalue weighted by molar-refractivity contribution is 0.670. The van der Waals surface area contributed by atoms with Crippen molar-refractivity contribution in [1.82, 2.24) is 4.98 Å². The first-order valence-electron chi connectivity index (χ1n) is 10.4. The topological polar surface area (TPSA) is 26.0 Å². The molecular formula is C29H19NO. The van der Waals surface area contributed by atoms with Gasteiger partial charge in [-0.3, -0.25) is 4.98 Å². The Balaban J connectivity index is 1.48. The van der Waals surface area contributed by atoms with Crippen molar-refractivity contribution in [2.75, 3.05) is 0 Å². The van der Waals surface area contributed by atoms with Gasteiger partial charge >= 0.3 is 0 Å². The zero-order chi connectivity index (χ0) is 20.6. The molecule has 146 valence electrons. The molecule has 2 nitrogen and oxygen atoms in total. The molecule has 0 saturated heterocycles. The van der Waals surface area contributed by atoms with Gasteiger partial charge in [-0.05, 0) is 47.0 Å². The molecular weight excluding hydrogens is 378 g/mol. The SMILES string of the molecule is c1ccc(-c2cccc(-c3cccc(-c4cccc5c4oc4ccccc45)c3)c2)nc1. The van der Waals surface area contributed by atoms with Gasteiger partial charge in [0.1, 0.15) is 11.2 Å². The number of para-hydroxylation sites is 2. The Hall–Kier alpha value is -4.17. The van der Waals surface area contributed by atoms with Gasteiger partial charge < -0.3 is 4.42 Å². The third kappa shape index (κ3) is 3.10. The molecule has 4 aromatic carbocycles. The molecule has 31 heavy (non-hydrogen) atoms. The van der Waals surface area contributed by atoms with Crippen LogP contribution in [0, 0.1) is 0 Å². The minimum absolute atomic E-state index is 0.921. The van der Waals surface area contributed by atoms with Crippen LogP contribution in [-0.2, 0) is 0 Å². The van der Waals surface area contributed by atoms with Gasteiger partial charge in [0.2, 0.25) is 0 Å². The molecule has 0 radical (unpaired) electrons. The Morgan fingerprint density at radius 3 is 2.03 bits per heavy atom. The smallest absolute Gasteiger partial charge is 0.143 e. The van der Waals surface area contributed by atoms with E-state index in [0.29, 0.717) is 0 Å². The van der Waals surface area contributed by atoms with E-state index in [4.69, 9.17) is 4.42 Å². The van der Waals surface area contributed by atoms with E-state index in [0.717, 1.165) is 44.3 Å². The van der Waals surface area contributed by atoms with E-state index in [1.165, 1.54) is 11.1 Å². The quantitative estimate of drug-likeness (QED) is 0.302. The normalized spacial score (nSPS) is 11.2. The number of nitrogens with zero attached hydrogens (tertiary/aromatic N) is 1. The van der Waals surface area contributed by atoms with Gasteiger partial charge in [0, 0.05) is 28.1 Å². The zero-order valence-corrected chi connectivity index (χ0v) is 16.8. The summed E-state index contributed by atoms with van der Waals surface area (Å²) in [6, 6.07) is 37.8. The molecule has 0 saturated carbocycles. The largest absolute Gasteiger partial charge is 0.455 e. The van der Waals surface area contributed by atoms with Crippen LogP contribution in [0.5, 0.6) is 0 Å². The van der Waals surface area contributed by atoms with Crippen LogP contribution in [0.3, 0.4) is 0 Å². The highest BCUT2D eigenvalue weighted by Crippen LogP contribution is 2.37. The molecule has 6 aromatic rings. The number of hydrogen-bond acceptors (Lipinski definition) is 2. The maximum atomic E-state index is 6.25. The predicted octanol–water partition coefficient (Wildman–Crippen LogP) is 7.98. The Kier molecular flexibility index (Phi) is 4.14. The van der Waals surface area contributed by atoms with Crippen LogP contribution < -0.4 is 0 Å². The maximum Gasteiger partial charge on any atom is 0.143 e. The average molecular weight is 397 g/mol. The summed E-state index contributed by atoms with van der Waals surface area (Å²) >= 11 is 0. The van der Waals surface area contributed by atoms with Crippen LogP contribution in [-0.4, -0.2) is 4.98 Å². The van der Waals surface area contributed by atoms with Crippen LogP contribution in [0.25, 0.3) is 55.4 Å². The van der Waals surface area contributed by atoms with Crippen molar-refractivity contribution in [1.29, 1.82) is 0 Å². The summed E-state index contributed by atoms with van der Waals surface area (Å²) in [4.78, 5) is 4.49. The maximum absolute atomic E-state index is 6.25. The van der Waals surface area contributed by atoms with Crippen molar-refractivity contribution in [3.8, 4) is 33.5 Å². The molecule has 0 fully saturated rings. The van der Waals surface area contributed by atoms with Crippen LogP contribution >= 0.6 is 0 Å². The van der Waals surface area contributed by atoms with Crippen molar-refractivity contribution in [2.24, 2.45) is 0 Å². The van der Waals surface area contributed by atoms with Crippen LogP contribution in [0.2, 0.25) is 0 Å². The monoisotopic (exact) mass is 397 g/mol. The average Bonchev–Trinajstić information content (AvgIpc) is 3.24. The first-order chi connectivity index (χ1) is 15.4. The number of pyridine rings is 1. The molecule has 0 N–H and O–H groups in total. The van der Waals surface area contributed by atoms with E-state index in [1.807, 2.05) is 36.5 Å². The minimum Gasteiger partial charge on any atom is -0.455 e. The second kappa shape index (κ2) is 7.26. The lowest BCUT2D eigenvalue weighted by Gasteiger charge is -2.08. The number of benzene rings is 4. The lowest BCUT2D eigenvalue weighted by atomic mass is 9.96. The standard InChI is InChI=1S/C29H19NO/c1-2-16-28-25(12-1)26-14-7-13-24(29(26)31-28)22-10-5-8-20(18-22)21-9-6-11-23(19-21)27-15-3-4-17-30-27/h1-19H. The van der Waals surface area contributed by atoms with E-state index >= 15 is 0 Å². The predicted molar refractivity (Wildman–Crippen MR) is 128 cm³/mol. The molecule has 0 unspecified atom stereocenters. The molecule has 0 aliphatic heterocycles. The highest BCUT2D eigenvalue weighted by atomic mass is 16.3. The molecule has 0 atom stereocenters. The van der Waals surface area contributed by atoms with Crippen molar-refractivity contribution < 1.29 is 4.42 Å².